The van der Waals surface area contributed by atoms with Gasteiger partial charge < -0.3 is 10.2 Å². The second-order valence-corrected chi connectivity index (χ2v) is 7.69. The minimum atomic E-state index is -0.102. The molecule has 2 aromatic carbocycles. The second-order valence-electron chi connectivity index (χ2n) is 7.69. The van der Waals surface area contributed by atoms with E-state index in [1.54, 1.807) is 0 Å². The van der Waals surface area contributed by atoms with Gasteiger partial charge in [0.15, 0.2) is 0 Å². The molecule has 1 aromatic heterocycles. The number of rotatable bonds is 5. The van der Waals surface area contributed by atoms with Gasteiger partial charge in [-0.05, 0) is 43.3 Å². The lowest BCUT2D eigenvalue weighted by Gasteiger charge is -2.34. The summed E-state index contributed by atoms with van der Waals surface area (Å²) >= 11 is 0. The number of aryl methyl sites for hydroxylation is 1. The Morgan fingerprint density at radius 3 is 2.41 bits per heavy atom. The summed E-state index contributed by atoms with van der Waals surface area (Å²) in [6, 6.07) is 17.8. The molecule has 4 rings (SSSR count). The molecule has 0 saturated carbocycles. The smallest absolute Gasteiger partial charge is 0.256 e. The average molecular weight is 389 g/mol. The van der Waals surface area contributed by atoms with Crippen molar-refractivity contribution in [3.63, 3.8) is 0 Å². The van der Waals surface area contributed by atoms with Crippen LogP contribution in [0.4, 0.5) is 5.69 Å². The molecule has 1 amide bonds. The van der Waals surface area contributed by atoms with Gasteiger partial charge in [0.2, 0.25) is 0 Å². The van der Waals surface area contributed by atoms with E-state index in [1.807, 2.05) is 49.4 Å². The van der Waals surface area contributed by atoms with E-state index in [0.29, 0.717) is 5.56 Å². The van der Waals surface area contributed by atoms with Gasteiger partial charge in [-0.15, -0.1) is 0 Å². The van der Waals surface area contributed by atoms with Crippen LogP contribution in [0.2, 0.25) is 0 Å². The fraction of sp³-hybridized carbons (Fsp3) is 0.333. The number of pyridine rings is 1. The van der Waals surface area contributed by atoms with Crippen molar-refractivity contribution in [2.24, 2.45) is 0 Å². The van der Waals surface area contributed by atoms with Crippen LogP contribution in [0.25, 0.3) is 10.9 Å². The average Bonchev–Trinajstić information content (AvgIpc) is 2.75. The Balaban J connectivity index is 1.42. The fourth-order valence-electron chi connectivity index (χ4n) is 3.91. The number of benzene rings is 2. The minimum absolute atomic E-state index is 0.102. The fourth-order valence-corrected chi connectivity index (χ4v) is 3.91. The first-order valence-corrected chi connectivity index (χ1v) is 10.3. The highest BCUT2D eigenvalue weighted by molar-refractivity contribution is 6.12. The maximum absolute atomic E-state index is 12.9. The molecule has 0 unspecified atom stereocenters. The number of nitrogens with zero attached hydrogens (tertiary/aromatic N) is 3. The molecule has 2 heterocycles. The van der Waals surface area contributed by atoms with Gasteiger partial charge in [-0.3, -0.25) is 14.7 Å². The Kier molecular flexibility index (Phi) is 5.88. The van der Waals surface area contributed by atoms with E-state index in [9.17, 15) is 4.79 Å². The molecule has 0 atom stereocenters. The van der Waals surface area contributed by atoms with Crippen molar-refractivity contribution in [2.45, 2.75) is 20.4 Å². The van der Waals surface area contributed by atoms with Gasteiger partial charge in [0.1, 0.15) is 0 Å². The lowest BCUT2D eigenvalue weighted by atomic mass is 10.1. The maximum atomic E-state index is 12.9. The van der Waals surface area contributed by atoms with Crippen molar-refractivity contribution in [1.29, 1.82) is 0 Å². The maximum Gasteiger partial charge on any atom is 0.256 e. The zero-order chi connectivity index (χ0) is 20.2. The second kappa shape index (κ2) is 8.72. The van der Waals surface area contributed by atoms with Crippen molar-refractivity contribution in [2.75, 3.05) is 38.0 Å². The van der Waals surface area contributed by atoms with E-state index in [0.717, 1.165) is 61.6 Å². The minimum Gasteiger partial charge on any atom is -0.322 e. The first-order valence-electron chi connectivity index (χ1n) is 10.3. The summed E-state index contributed by atoms with van der Waals surface area (Å²) in [6.07, 6.45) is 0. The summed E-state index contributed by atoms with van der Waals surface area (Å²) in [4.78, 5) is 22.4. The third kappa shape index (κ3) is 4.63. The number of hydrogen-bond donors (Lipinski definition) is 1. The first kappa shape index (κ1) is 19.6. The topological polar surface area (TPSA) is 48.5 Å². The molecule has 5 nitrogen and oxygen atoms in total. The first-order chi connectivity index (χ1) is 14.1. The molecule has 0 bridgehead atoms. The van der Waals surface area contributed by atoms with Crippen LogP contribution >= 0.6 is 0 Å². The van der Waals surface area contributed by atoms with Crippen LogP contribution in [-0.2, 0) is 6.54 Å². The van der Waals surface area contributed by atoms with Gasteiger partial charge in [-0.2, -0.15) is 0 Å². The summed E-state index contributed by atoms with van der Waals surface area (Å²) < 4.78 is 0. The highest BCUT2D eigenvalue weighted by Gasteiger charge is 2.16. The molecule has 0 spiro atoms. The van der Waals surface area contributed by atoms with Crippen molar-refractivity contribution in [3.05, 3.63) is 71.4 Å². The van der Waals surface area contributed by atoms with Crippen LogP contribution in [0.1, 0.15) is 28.5 Å². The SMILES string of the molecule is CCN1CCN(Cc2ccc(NC(=O)c3cc(C)nc4ccccc34)cc2)CC1. The van der Waals surface area contributed by atoms with E-state index in [1.165, 1.54) is 5.56 Å². The normalized spacial score (nSPS) is 15.5. The molecule has 0 radical (unpaired) electrons. The number of likely N-dealkylation sites (N-methyl/N-ethyl adjacent to an activating group) is 1. The molecule has 1 aliphatic rings. The van der Waals surface area contributed by atoms with Crippen molar-refractivity contribution in [1.82, 2.24) is 14.8 Å². The highest BCUT2D eigenvalue weighted by atomic mass is 16.1. The zero-order valence-electron chi connectivity index (χ0n) is 17.2. The van der Waals surface area contributed by atoms with Crippen molar-refractivity contribution < 1.29 is 4.79 Å². The van der Waals surface area contributed by atoms with Gasteiger partial charge in [-0.25, -0.2) is 0 Å². The number of hydrogen-bond acceptors (Lipinski definition) is 4. The van der Waals surface area contributed by atoms with E-state index in [-0.39, 0.29) is 5.91 Å². The third-order valence-electron chi connectivity index (χ3n) is 5.62. The molecule has 1 N–H and O–H groups in total. The van der Waals surface area contributed by atoms with Crippen LogP contribution in [0, 0.1) is 6.92 Å². The quantitative estimate of drug-likeness (QED) is 0.719. The highest BCUT2D eigenvalue weighted by Crippen LogP contribution is 2.20. The number of piperazine rings is 1. The zero-order valence-corrected chi connectivity index (χ0v) is 17.2. The number of nitrogens with one attached hydrogen (secondary N) is 1. The van der Waals surface area contributed by atoms with Crippen LogP contribution in [0.5, 0.6) is 0 Å². The molecule has 150 valence electrons. The molecule has 1 saturated heterocycles. The van der Waals surface area contributed by atoms with Gasteiger partial charge in [0.05, 0.1) is 11.1 Å². The molecular formula is C24H28N4O. The van der Waals surface area contributed by atoms with Crippen molar-refractivity contribution >= 4 is 22.5 Å². The van der Waals surface area contributed by atoms with Crippen LogP contribution in [-0.4, -0.2) is 53.4 Å². The van der Waals surface area contributed by atoms with Gasteiger partial charge >= 0.3 is 0 Å². The molecule has 3 aromatic rings. The van der Waals surface area contributed by atoms with E-state index in [2.05, 4.69) is 39.2 Å². The van der Waals surface area contributed by atoms with Gasteiger partial charge in [0, 0.05) is 49.5 Å². The van der Waals surface area contributed by atoms with E-state index < -0.39 is 0 Å². The molecule has 5 heteroatoms. The number of carbonyl (C=O) groups is 1. The molecule has 29 heavy (non-hydrogen) atoms. The number of amides is 1. The molecule has 1 aliphatic heterocycles. The summed E-state index contributed by atoms with van der Waals surface area (Å²) in [5, 5.41) is 3.91. The number of aromatic nitrogens is 1. The lowest BCUT2D eigenvalue weighted by Crippen LogP contribution is -2.45. The largest absolute Gasteiger partial charge is 0.322 e. The van der Waals surface area contributed by atoms with Crippen LogP contribution in [0.15, 0.2) is 54.6 Å². The molecule has 0 aliphatic carbocycles. The third-order valence-corrected chi connectivity index (χ3v) is 5.62. The number of para-hydroxylation sites is 1. The van der Waals surface area contributed by atoms with E-state index >= 15 is 0 Å². The number of fused-ring (bicyclic) bond motifs is 1. The standard InChI is InChI=1S/C24H28N4O/c1-3-27-12-14-28(15-13-27)17-19-8-10-20(11-9-19)26-24(29)22-16-18(2)25-23-7-5-4-6-21(22)23/h4-11,16H,3,12-15,17H2,1-2H3,(H,26,29). The number of anilines is 1. The van der Waals surface area contributed by atoms with E-state index in [4.69, 9.17) is 0 Å². The summed E-state index contributed by atoms with van der Waals surface area (Å²) in [6.45, 7) is 10.7. The Morgan fingerprint density at radius 2 is 1.69 bits per heavy atom. The van der Waals surface area contributed by atoms with Gasteiger partial charge in [-0.1, -0.05) is 37.3 Å². The predicted molar refractivity (Wildman–Crippen MR) is 118 cm³/mol. The Hall–Kier alpha value is -2.76. The Bertz CT molecular complexity index is 991. The van der Waals surface area contributed by atoms with Crippen LogP contribution < -0.4 is 5.32 Å². The van der Waals surface area contributed by atoms with Crippen molar-refractivity contribution in [3.8, 4) is 0 Å². The molecule has 1 fully saturated rings. The summed E-state index contributed by atoms with van der Waals surface area (Å²) in [7, 11) is 0. The Morgan fingerprint density at radius 1 is 1.00 bits per heavy atom. The number of carbonyl (C=O) groups excluding carboxylic acids is 1. The van der Waals surface area contributed by atoms with Crippen LogP contribution in [0.3, 0.4) is 0 Å². The predicted octanol–water partition coefficient (Wildman–Crippen LogP) is 3.93. The summed E-state index contributed by atoms with van der Waals surface area (Å²) in [5.74, 6) is -0.102. The Labute approximate surface area is 172 Å². The van der Waals surface area contributed by atoms with Gasteiger partial charge in [0.25, 0.3) is 5.91 Å². The monoisotopic (exact) mass is 388 g/mol. The lowest BCUT2D eigenvalue weighted by molar-refractivity contribution is 0.102. The summed E-state index contributed by atoms with van der Waals surface area (Å²) in [5.41, 5.74) is 4.43. The molecular weight excluding hydrogens is 360 g/mol.